The number of nitrogens with one attached hydrogen (secondary N) is 1. The molecule has 0 aliphatic heterocycles. The van der Waals surface area contributed by atoms with Gasteiger partial charge in [0.1, 0.15) is 0 Å². The summed E-state index contributed by atoms with van der Waals surface area (Å²) in [4.78, 5) is 2.32. The molecule has 0 radical (unpaired) electrons. The summed E-state index contributed by atoms with van der Waals surface area (Å²) in [6.07, 6.45) is 2.40. The van der Waals surface area contributed by atoms with Gasteiger partial charge in [0.25, 0.3) is 0 Å². The van der Waals surface area contributed by atoms with E-state index in [-0.39, 0.29) is 0 Å². The Kier molecular flexibility index (Phi) is 11.3. The minimum Gasteiger partial charge on any atom is -0.380 e. The number of nitrogens with zero attached hydrogens (tertiary/aromatic N) is 1. The monoisotopic (exact) mass is 230 g/mol. The zero-order valence-corrected chi connectivity index (χ0v) is 11.6. The van der Waals surface area contributed by atoms with Crippen LogP contribution in [0, 0.1) is 5.92 Å². The highest BCUT2D eigenvalue weighted by molar-refractivity contribution is 4.56. The molecule has 1 N–H and O–H groups in total. The molecule has 0 spiro atoms. The third kappa shape index (κ3) is 12.0. The van der Waals surface area contributed by atoms with Gasteiger partial charge in [-0.05, 0) is 25.9 Å². The Morgan fingerprint density at radius 1 is 1.19 bits per heavy atom. The van der Waals surface area contributed by atoms with Crippen LogP contribution in [0.5, 0.6) is 0 Å². The third-order valence-electron chi connectivity index (χ3n) is 2.48. The molecule has 0 aliphatic carbocycles. The fraction of sp³-hybridized carbons (Fsp3) is 1.00. The van der Waals surface area contributed by atoms with E-state index in [1.165, 1.54) is 12.8 Å². The molecule has 16 heavy (non-hydrogen) atoms. The molecule has 0 aromatic carbocycles. The Balaban J connectivity index is 3.15. The Morgan fingerprint density at radius 2 is 1.94 bits per heavy atom. The summed E-state index contributed by atoms with van der Waals surface area (Å²) >= 11 is 0. The van der Waals surface area contributed by atoms with Crippen LogP contribution in [0.4, 0.5) is 0 Å². The molecule has 3 heteroatoms. The molecule has 0 aromatic rings. The van der Waals surface area contributed by atoms with Crippen LogP contribution in [0.15, 0.2) is 0 Å². The highest BCUT2D eigenvalue weighted by atomic mass is 16.5. The molecule has 98 valence electrons. The van der Waals surface area contributed by atoms with Gasteiger partial charge in [-0.2, -0.15) is 0 Å². The third-order valence-corrected chi connectivity index (χ3v) is 2.48. The SMILES string of the molecule is CCCCOCCN(C)CCNCC(C)C. The average Bonchev–Trinajstić information content (AvgIpc) is 2.24. The van der Waals surface area contributed by atoms with Crippen LogP contribution in [0.2, 0.25) is 0 Å². The maximum absolute atomic E-state index is 5.53. The van der Waals surface area contributed by atoms with Gasteiger partial charge in [0.2, 0.25) is 0 Å². The van der Waals surface area contributed by atoms with E-state index in [1.807, 2.05) is 0 Å². The second-order valence-corrected chi connectivity index (χ2v) is 4.87. The predicted octanol–water partition coefficient (Wildman–Crippen LogP) is 1.98. The molecule has 0 amide bonds. The van der Waals surface area contributed by atoms with Gasteiger partial charge in [0, 0.05) is 26.2 Å². The van der Waals surface area contributed by atoms with Gasteiger partial charge in [0.05, 0.1) is 6.61 Å². The summed E-state index contributed by atoms with van der Waals surface area (Å²) in [5.41, 5.74) is 0. The average molecular weight is 230 g/mol. The Bertz CT molecular complexity index is 140. The quantitative estimate of drug-likeness (QED) is 0.549. The molecule has 3 nitrogen and oxygen atoms in total. The van der Waals surface area contributed by atoms with Crippen LogP contribution in [0.3, 0.4) is 0 Å². The second-order valence-electron chi connectivity index (χ2n) is 4.87. The summed E-state index contributed by atoms with van der Waals surface area (Å²) in [6, 6.07) is 0. The predicted molar refractivity (Wildman–Crippen MR) is 70.9 cm³/mol. The van der Waals surface area contributed by atoms with Crippen molar-refractivity contribution in [2.45, 2.75) is 33.6 Å². The smallest absolute Gasteiger partial charge is 0.0593 e. The number of hydrogen-bond donors (Lipinski definition) is 1. The van der Waals surface area contributed by atoms with Gasteiger partial charge < -0.3 is 15.0 Å². The zero-order valence-electron chi connectivity index (χ0n) is 11.6. The van der Waals surface area contributed by atoms with Crippen LogP contribution in [-0.4, -0.2) is 51.3 Å². The van der Waals surface area contributed by atoms with E-state index in [4.69, 9.17) is 4.74 Å². The Labute approximate surface area is 102 Å². The van der Waals surface area contributed by atoms with Crippen molar-refractivity contribution in [3.63, 3.8) is 0 Å². The van der Waals surface area contributed by atoms with Crippen LogP contribution >= 0.6 is 0 Å². The maximum Gasteiger partial charge on any atom is 0.0593 e. The number of likely N-dealkylation sites (N-methyl/N-ethyl adjacent to an activating group) is 1. The van der Waals surface area contributed by atoms with Crippen molar-refractivity contribution in [1.29, 1.82) is 0 Å². The van der Waals surface area contributed by atoms with Crippen molar-refractivity contribution in [3.05, 3.63) is 0 Å². The molecule has 0 heterocycles. The van der Waals surface area contributed by atoms with E-state index in [9.17, 15) is 0 Å². The molecule has 0 fully saturated rings. The van der Waals surface area contributed by atoms with Gasteiger partial charge >= 0.3 is 0 Å². The largest absolute Gasteiger partial charge is 0.380 e. The van der Waals surface area contributed by atoms with E-state index in [0.717, 1.165) is 45.3 Å². The van der Waals surface area contributed by atoms with Gasteiger partial charge in [-0.3, -0.25) is 0 Å². The molecule has 0 saturated carbocycles. The van der Waals surface area contributed by atoms with Crippen LogP contribution in [-0.2, 0) is 4.74 Å². The molecule has 0 bridgehead atoms. The number of ether oxygens (including phenoxy) is 1. The summed E-state index contributed by atoms with van der Waals surface area (Å²) in [5, 5.41) is 3.44. The molecule has 0 aliphatic rings. The van der Waals surface area contributed by atoms with E-state index in [2.05, 4.69) is 38.0 Å². The molecule has 0 rings (SSSR count). The van der Waals surface area contributed by atoms with Crippen molar-refractivity contribution in [3.8, 4) is 0 Å². The lowest BCUT2D eigenvalue weighted by Gasteiger charge is -2.17. The minimum atomic E-state index is 0.739. The van der Waals surface area contributed by atoms with Crippen molar-refractivity contribution >= 4 is 0 Å². The van der Waals surface area contributed by atoms with Gasteiger partial charge in [-0.15, -0.1) is 0 Å². The second kappa shape index (κ2) is 11.4. The Morgan fingerprint density at radius 3 is 2.56 bits per heavy atom. The first-order valence-corrected chi connectivity index (χ1v) is 6.63. The fourth-order valence-electron chi connectivity index (χ4n) is 1.34. The normalized spacial score (nSPS) is 11.6. The topological polar surface area (TPSA) is 24.5 Å². The highest BCUT2D eigenvalue weighted by Crippen LogP contribution is 1.89. The van der Waals surface area contributed by atoms with Gasteiger partial charge in [0.15, 0.2) is 0 Å². The summed E-state index contributed by atoms with van der Waals surface area (Å²) in [7, 11) is 2.15. The fourth-order valence-corrected chi connectivity index (χ4v) is 1.34. The van der Waals surface area contributed by atoms with E-state index >= 15 is 0 Å². The first-order valence-electron chi connectivity index (χ1n) is 6.63. The lowest BCUT2D eigenvalue weighted by molar-refractivity contribution is 0.109. The van der Waals surface area contributed by atoms with Gasteiger partial charge in [-0.25, -0.2) is 0 Å². The summed E-state index contributed by atoms with van der Waals surface area (Å²) in [6.45, 7) is 12.8. The molecular formula is C13H30N2O. The van der Waals surface area contributed by atoms with Crippen molar-refractivity contribution in [2.24, 2.45) is 5.92 Å². The molecule has 0 aromatic heterocycles. The minimum absolute atomic E-state index is 0.739. The zero-order chi connectivity index (χ0) is 12.2. The first kappa shape index (κ1) is 15.9. The molecule has 0 atom stereocenters. The maximum atomic E-state index is 5.53. The lowest BCUT2D eigenvalue weighted by Crippen LogP contribution is -2.33. The van der Waals surface area contributed by atoms with Crippen LogP contribution in [0.1, 0.15) is 33.6 Å². The summed E-state index contributed by atoms with van der Waals surface area (Å²) in [5.74, 6) is 0.739. The van der Waals surface area contributed by atoms with Gasteiger partial charge in [-0.1, -0.05) is 27.2 Å². The van der Waals surface area contributed by atoms with E-state index in [0.29, 0.717) is 0 Å². The standard InChI is InChI=1S/C13H30N2O/c1-5-6-10-16-11-9-15(4)8-7-14-12-13(2)3/h13-14H,5-12H2,1-4H3. The first-order chi connectivity index (χ1) is 7.66. The van der Waals surface area contributed by atoms with Crippen molar-refractivity contribution < 1.29 is 4.74 Å². The highest BCUT2D eigenvalue weighted by Gasteiger charge is 1.98. The van der Waals surface area contributed by atoms with Crippen molar-refractivity contribution in [1.82, 2.24) is 10.2 Å². The number of unbranched alkanes of at least 4 members (excludes halogenated alkanes) is 1. The number of rotatable bonds is 11. The van der Waals surface area contributed by atoms with E-state index < -0.39 is 0 Å². The molecule has 0 saturated heterocycles. The Hall–Kier alpha value is -0.120. The number of hydrogen-bond acceptors (Lipinski definition) is 3. The van der Waals surface area contributed by atoms with Crippen molar-refractivity contribution in [2.75, 3.05) is 46.4 Å². The lowest BCUT2D eigenvalue weighted by atomic mass is 10.2. The molecule has 0 unspecified atom stereocenters. The van der Waals surface area contributed by atoms with Crippen LogP contribution < -0.4 is 5.32 Å². The molecular weight excluding hydrogens is 200 g/mol. The van der Waals surface area contributed by atoms with E-state index in [1.54, 1.807) is 0 Å². The summed E-state index contributed by atoms with van der Waals surface area (Å²) < 4.78 is 5.53. The van der Waals surface area contributed by atoms with Crippen LogP contribution in [0.25, 0.3) is 0 Å².